The summed E-state index contributed by atoms with van der Waals surface area (Å²) in [6.07, 6.45) is 0. The quantitative estimate of drug-likeness (QED) is 0.789. The molecular formula is C13H22N2O2S. The van der Waals surface area contributed by atoms with Gasteiger partial charge in [0.1, 0.15) is 0 Å². The van der Waals surface area contributed by atoms with E-state index in [1.54, 1.807) is 0 Å². The third-order valence-electron chi connectivity index (χ3n) is 2.47. The Morgan fingerprint density at radius 1 is 1.11 bits per heavy atom. The number of sulfonamides is 1. The topological polar surface area (TPSA) is 58.2 Å². The Kier molecular flexibility index (Phi) is 5.78. The van der Waals surface area contributed by atoms with Crippen molar-refractivity contribution in [3.8, 4) is 0 Å². The number of nitrogens with one attached hydrogen (secondary N) is 2. The fourth-order valence-corrected chi connectivity index (χ4v) is 2.84. The summed E-state index contributed by atoms with van der Waals surface area (Å²) < 4.78 is 26.2. The Labute approximate surface area is 110 Å². The molecule has 1 aromatic carbocycles. The van der Waals surface area contributed by atoms with E-state index >= 15 is 0 Å². The summed E-state index contributed by atoms with van der Waals surface area (Å²) in [5.74, 6) is 0.359. The van der Waals surface area contributed by atoms with Gasteiger partial charge in [-0.25, -0.2) is 13.1 Å². The van der Waals surface area contributed by atoms with E-state index in [0.717, 1.165) is 17.7 Å². The van der Waals surface area contributed by atoms with Gasteiger partial charge in [-0.1, -0.05) is 38.1 Å². The summed E-state index contributed by atoms with van der Waals surface area (Å²) in [5, 5.41) is 3.05. The lowest BCUT2D eigenvalue weighted by Crippen LogP contribution is -2.28. The van der Waals surface area contributed by atoms with Crippen molar-refractivity contribution >= 4 is 10.0 Å². The van der Waals surface area contributed by atoms with E-state index in [1.165, 1.54) is 0 Å². The van der Waals surface area contributed by atoms with Crippen LogP contribution >= 0.6 is 0 Å². The highest BCUT2D eigenvalue weighted by molar-refractivity contribution is 7.88. The lowest BCUT2D eigenvalue weighted by atomic mass is 10.1. The van der Waals surface area contributed by atoms with Crippen molar-refractivity contribution < 1.29 is 8.42 Å². The molecule has 1 rings (SSSR count). The smallest absolute Gasteiger partial charge is 0.215 e. The molecule has 102 valence electrons. The van der Waals surface area contributed by atoms with Crippen molar-refractivity contribution in [1.82, 2.24) is 10.0 Å². The number of hydrogen-bond donors (Lipinski definition) is 2. The fraction of sp³-hybridized carbons (Fsp3) is 0.538. The first-order chi connectivity index (χ1) is 8.43. The minimum atomic E-state index is -3.22. The summed E-state index contributed by atoms with van der Waals surface area (Å²) >= 11 is 0. The van der Waals surface area contributed by atoms with Crippen LogP contribution in [0.4, 0.5) is 0 Å². The molecule has 0 heterocycles. The van der Waals surface area contributed by atoms with Crippen molar-refractivity contribution in [2.45, 2.75) is 26.1 Å². The van der Waals surface area contributed by atoms with Gasteiger partial charge in [-0.15, -0.1) is 0 Å². The SMILES string of the molecule is CNCc1ccc(CS(=O)(=O)NCC(C)C)cc1. The van der Waals surface area contributed by atoms with Crippen molar-refractivity contribution in [2.24, 2.45) is 5.92 Å². The van der Waals surface area contributed by atoms with Crippen molar-refractivity contribution in [1.29, 1.82) is 0 Å². The van der Waals surface area contributed by atoms with Gasteiger partial charge in [0.05, 0.1) is 5.75 Å². The number of benzene rings is 1. The van der Waals surface area contributed by atoms with Gasteiger partial charge >= 0.3 is 0 Å². The van der Waals surface area contributed by atoms with Gasteiger partial charge in [0.2, 0.25) is 10.0 Å². The van der Waals surface area contributed by atoms with E-state index in [0.29, 0.717) is 12.5 Å². The molecule has 0 saturated carbocycles. The molecule has 0 aliphatic heterocycles. The first-order valence-electron chi connectivity index (χ1n) is 6.12. The Hall–Kier alpha value is -0.910. The van der Waals surface area contributed by atoms with Crippen LogP contribution in [0.1, 0.15) is 25.0 Å². The van der Waals surface area contributed by atoms with Gasteiger partial charge in [0, 0.05) is 13.1 Å². The van der Waals surface area contributed by atoms with E-state index in [-0.39, 0.29) is 5.75 Å². The van der Waals surface area contributed by atoms with Gasteiger partial charge in [0.15, 0.2) is 0 Å². The second-order valence-corrected chi connectivity index (χ2v) is 6.66. The van der Waals surface area contributed by atoms with E-state index < -0.39 is 10.0 Å². The van der Waals surface area contributed by atoms with Crippen LogP contribution in [0.3, 0.4) is 0 Å². The molecule has 2 N–H and O–H groups in total. The van der Waals surface area contributed by atoms with Crippen LogP contribution in [-0.4, -0.2) is 22.0 Å². The lowest BCUT2D eigenvalue weighted by Gasteiger charge is -2.09. The molecule has 0 spiro atoms. The zero-order chi connectivity index (χ0) is 13.6. The van der Waals surface area contributed by atoms with Crippen LogP contribution in [0, 0.1) is 5.92 Å². The zero-order valence-corrected chi connectivity index (χ0v) is 12.0. The van der Waals surface area contributed by atoms with E-state index in [1.807, 2.05) is 45.2 Å². The van der Waals surface area contributed by atoms with E-state index in [2.05, 4.69) is 10.0 Å². The predicted octanol–water partition coefficient (Wildman–Crippen LogP) is 1.48. The fourth-order valence-electron chi connectivity index (χ4n) is 1.52. The van der Waals surface area contributed by atoms with Gasteiger partial charge < -0.3 is 5.32 Å². The molecule has 0 aromatic heterocycles. The summed E-state index contributed by atoms with van der Waals surface area (Å²) in [5.41, 5.74) is 1.96. The highest BCUT2D eigenvalue weighted by Crippen LogP contribution is 2.08. The molecule has 0 radical (unpaired) electrons. The summed E-state index contributed by atoms with van der Waals surface area (Å²) in [6.45, 7) is 5.24. The molecule has 0 amide bonds. The van der Waals surface area contributed by atoms with E-state index in [9.17, 15) is 8.42 Å². The second-order valence-electron chi connectivity index (χ2n) is 4.85. The summed E-state index contributed by atoms with van der Waals surface area (Å²) in [7, 11) is -1.34. The molecular weight excluding hydrogens is 248 g/mol. The monoisotopic (exact) mass is 270 g/mol. The number of rotatable bonds is 7. The summed E-state index contributed by atoms with van der Waals surface area (Å²) in [6, 6.07) is 7.62. The van der Waals surface area contributed by atoms with Gasteiger partial charge in [-0.05, 0) is 24.1 Å². The van der Waals surface area contributed by atoms with Crippen molar-refractivity contribution in [3.05, 3.63) is 35.4 Å². The highest BCUT2D eigenvalue weighted by atomic mass is 32.2. The maximum atomic E-state index is 11.8. The first kappa shape index (κ1) is 15.1. The largest absolute Gasteiger partial charge is 0.316 e. The zero-order valence-electron chi connectivity index (χ0n) is 11.2. The predicted molar refractivity (Wildman–Crippen MR) is 74.7 cm³/mol. The molecule has 0 bridgehead atoms. The molecule has 5 heteroatoms. The standard InChI is InChI=1S/C13H22N2O2S/c1-11(2)8-15-18(16,17)10-13-6-4-12(5-7-13)9-14-3/h4-7,11,14-15H,8-10H2,1-3H3. The first-order valence-corrected chi connectivity index (χ1v) is 7.78. The maximum absolute atomic E-state index is 11.8. The van der Waals surface area contributed by atoms with Gasteiger partial charge in [-0.3, -0.25) is 0 Å². The molecule has 0 atom stereocenters. The molecule has 0 aliphatic rings. The Morgan fingerprint density at radius 3 is 2.17 bits per heavy atom. The number of hydrogen-bond acceptors (Lipinski definition) is 3. The minimum absolute atomic E-state index is 0.0412. The Balaban J connectivity index is 2.61. The second kappa shape index (κ2) is 6.87. The van der Waals surface area contributed by atoms with Crippen LogP contribution in [0.15, 0.2) is 24.3 Å². The Morgan fingerprint density at radius 2 is 1.67 bits per heavy atom. The van der Waals surface area contributed by atoms with Gasteiger partial charge in [-0.2, -0.15) is 0 Å². The van der Waals surface area contributed by atoms with Crippen LogP contribution in [0.5, 0.6) is 0 Å². The van der Waals surface area contributed by atoms with Crippen molar-refractivity contribution in [3.63, 3.8) is 0 Å². The van der Waals surface area contributed by atoms with Gasteiger partial charge in [0.25, 0.3) is 0 Å². The average molecular weight is 270 g/mol. The minimum Gasteiger partial charge on any atom is -0.316 e. The molecule has 1 aromatic rings. The normalized spacial score (nSPS) is 12.0. The third kappa shape index (κ3) is 5.62. The molecule has 0 fully saturated rings. The molecule has 0 unspecified atom stereocenters. The molecule has 18 heavy (non-hydrogen) atoms. The lowest BCUT2D eigenvalue weighted by molar-refractivity contribution is 0.559. The average Bonchev–Trinajstić information content (AvgIpc) is 2.29. The third-order valence-corrected chi connectivity index (χ3v) is 3.79. The summed E-state index contributed by atoms with van der Waals surface area (Å²) in [4.78, 5) is 0. The molecule has 4 nitrogen and oxygen atoms in total. The van der Waals surface area contributed by atoms with E-state index in [4.69, 9.17) is 0 Å². The maximum Gasteiger partial charge on any atom is 0.215 e. The van der Waals surface area contributed by atoms with Crippen LogP contribution in [-0.2, 0) is 22.3 Å². The Bertz CT molecular complexity index is 452. The molecule has 0 aliphatic carbocycles. The highest BCUT2D eigenvalue weighted by Gasteiger charge is 2.11. The van der Waals surface area contributed by atoms with Crippen LogP contribution < -0.4 is 10.0 Å². The van der Waals surface area contributed by atoms with Crippen molar-refractivity contribution in [2.75, 3.05) is 13.6 Å². The van der Waals surface area contributed by atoms with Crippen LogP contribution in [0.2, 0.25) is 0 Å². The molecule has 0 saturated heterocycles. The van der Waals surface area contributed by atoms with Crippen LogP contribution in [0.25, 0.3) is 0 Å².